The summed E-state index contributed by atoms with van der Waals surface area (Å²) in [7, 11) is 1.80. The van der Waals surface area contributed by atoms with Crippen molar-refractivity contribution in [1.29, 1.82) is 0 Å². The average molecular weight is 318 g/mol. The number of aryl methyl sites for hydroxylation is 1. The summed E-state index contributed by atoms with van der Waals surface area (Å²) in [6.45, 7) is 7.31. The van der Waals surface area contributed by atoms with Gasteiger partial charge in [0.25, 0.3) is 0 Å². The van der Waals surface area contributed by atoms with Crippen molar-refractivity contribution in [2.24, 2.45) is 0 Å². The Morgan fingerprint density at radius 2 is 2.00 bits per heavy atom. The fourth-order valence-corrected chi connectivity index (χ4v) is 2.93. The van der Waals surface area contributed by atoms with Crippen LogP contribution in [0.5, 0.6) is 0 Å². The van der Waals surface area contributed by atoms with Gasteiger partial charge in [-0.15, -0.1) is 0 Å². The molecule has 0 radical (unpaired) electrons. The van der Waals surface area contributed by atoms with Gasteiger partial charge in [0.1, 0.15) is 5.60 Å². The number of hydrogen-bond donors (Lipinski definition) is 1. The molecule has 1 amide bonds. The number of fused-ring (bicyclic) bond motifs is 1. The van der Waals surface area contributed by atoms with Crippen molar-refractivity contribution in [2.45, 2.75) is 58.1 Å². The lowest BCUT2D eigenvalue weighted by Crippen LogP contribution is -2.38. The number of ether oxygens (including phenoxy) is 1. The van der Waals surface area contributed by atoms with E-state index in [9.17, 15) is 4.79 Å². The second-order valence-corrected chi connectivity index (χ2v) is 7.42. The molecule has 0 spiro atoms. The number of hydrogen-bond acceptors (Lipinski definition) is 3. The normalized spacial score (nSPS) is 17.5. The van der Waals surface area contributed by atoms with Gasteiger partial charge in [-0.1, -0.05) is 24.3 Å². The van der Waals surface area contributed by atoms with Gasteiger partial charge in [-0.3, -0.25) is 0 Å². The summed E-state index contributed by atoms with van der Waals surface area (Å²) in [6, 6.07) is 9.27. The number of nitrogens with zero attached hydrogens (tertiary/aromatic N) is 1. The molecule has 4 nitrogen and oxygen atoms in total. The number of carbonyl (C=O) groups is 1. The molecule has 0 aromatic heterocycles. The van der Waals surface area contributed by atoms with Crippen LogP contribution in [0.3, 0.4) is 0 Å². The zero-order chi connectivity index (χ0) is 16.9. The lowest BCUT2D eigenvalue weighted by atomic mass is 9.88. The molecule has 2 rings (SSSR count). The third kappa shape index (κ3) is 5.87. The number of nitrogens with one attached hydrogen (secondary N) is 1. The maximum atomic E-state index is 11.9. The Morgan fingerprint density at radius 1 is 1.30 bits per heavy atom. The van der Waals surface area contributed by atoms with Crippen molar-refractivity contribution >= 4 is 6.09 Å². The third-order valence-corrected chi connectivity index (χ3v) is 4.16. The quantitative estimate of drug-likeness (QED) is 0.846. The van der Waals surface area contributed by atoms with Gasteiger partial charge in [-0.2, -0.15) is 0 Å². The maximum absolute atomic E-state index is 11.9. The van der Waals surface area contributed by atoms with Gasteiger partial charge in [0.2, 0.25) is 0 Å². The van der Waals surface area contributed by atoms with E-state index in [1.54, 1.807) is 11.9 Å². The second-order valence-electron chi connectivity index (χ2n) is 7.42. The summed E-state index contributed by atoms with van der Waals surface area (Å²) in [5.41, 5.74) is 2.54. The molecule has 0 fully saturated rings. The van der Waals surface area contributed by atoms with Gasteiger partial charge in [0.15, 0.2) is 0 Å². The van der Waals surface area contributed by atoms with Crippen LogP contribution >= 0.6 is 0 Å². The number of benzene rings is 1. The molecule has 1 aromatic rings. The summed E-state index contributed by atoms with van der Waals surface area (Å²) >= 11 is 0. The van der Waals surface area contributed by atoms with Crippen LogP contribution in [0.25, 0.3) is 0 Å². The first-order chi connectivity index (χ1) is 10.8. The van der Waals surface area contributed by atoms with Crippen molar-refractivity contribution in [1.82, 2.24) is 10.2 Å². The molecule has 128 valence electrons. The van der Waals surface area contributed by atoms with Crippen LogP contribution < -0.4 is 5.32 Å². The van der Waals surface area contributed by atoms with E-state index in [0.717, 1.165) is 25.8 Å². The molecule has 1 atom stereocenters. The minimum Gasteiger partial charge on any atom is -0.444 e. The first kappa shape index (κ1) is 17.8. The number of amides is 1. The third-order valence-electron chi connectivity index (χ3n) is 4.16. The van der Waals surface area contributed by atoms with Crippen molar-refractivity contribution in [2.75, 3.05) is 20.1 Å². The van der Waals surface area contributed by atoms with Crippen molar-refractivity contribution in [3.63, 3.8) is 0 Å². The Kier molecular flexibility index (Phi) is 6.05. The molecular weight excluding hydrogens is 288 g/mol. The van der Waals surface area contributed by atoms with Gasteiger partial charge in [-0.05, 0) is 64.1 Å². The van der Waals surface area contributed by atoms with Crippen LogP contribution in [0.1, 0.15) is 44.7 Å². The largest absolute Gasteiger partial charge is 0.444 e. The molecule has 0 saturated heterocycles. The average Bonchev–Trinajstić information content (AvgIpc) is 2.49. The number of carbonyl (C=O) groups excluding carboxylic acids is 1. The highest BCUT2D eigenvalue weighted by molar-refractivity contribution is 5.67. The predicted molar refractivity (Wildman–Crippen MR) is 93.7 cm³/mol. The molecule has 1 aliphatic rings. The standard InChI is InChI=1S/C19H30N2O2/c1-19(2,3)23-18(22)21(4)13-7-12-20-17-11-10-15-8-5-6-9-16(15)14-17/h5-6,8-9,17,20H,7,10-14H2,1-4H3. The van der Waals surface area contributed by atoms with Crippen LogP contribution in [0.2, 0.25) is 0 Å². The molecule has 1 N–H and O–H groups in total. The summed E-state index contributed by atoms with van der Waals surface area (Å²) in [5.74, 6) is 0. The van der Waals surface area contributed by atoms with E-state index in [4.69, 9.17) is 4.74 Å². The summed E-state index contributed by atoms with van der Waals surface area (Å²) < 4.78 is 5.35. The van der Waals surface area contributed by atoms with E-state index >= 15 is 0 Å². The summed E-state index contributed by atoms with van der Waals surface area (Å²) in [4.78, 5) is 13.5. The fourth-order valence-electron chi connectivity index (χ4n) is 2.93. The molecule has 1 aliphatic carbocycles. The van der Waals surface area contributed by atoms with Gasteiger partial charge < -0.3 is 15.0 Å². The van der Waals surface area contributed by atoms with Crippen molar-refractivity contribution in [3.05, 3.63) is 35.4 Å². The Balaban J connectivity index is 1.65. The smallest absolute Gasteiger partial charge is 0.410 e. The van der Waals surface area contributed by atoms with Crippen LogP contribution in [-0.4, -0.2) is 42.8 Å². The van der Waals surface area contributed by atoms with E-state index in [2.05, 4.69) is 29.6 Å². The highest BCUT2D eigenvalue weighted by atomic mass is 16.6. The first-order valence-corrected chi connectivity index (χ1v) is 8.59. The Labute approximate surface area is 140 Å². The molecule has 0 bridgehead atoms. The topological polar surface area (TPSA) is 41.6 Å². The SMILES string of the molecule is CN(CCCNC1CCc2ccccc2C1)C(=O)OC(C)(C)C. The van der Waals surface area contributed by atoms with Crippen molar-refractivity contribution < 1.29 is 9.53 Å². The zero-order valence-electron chi connectivity index (χ0n) is 14.9. The molecule has 4 heteroatoms. The Hall–Kier alpha value is -1.55. The van der Waals surface area contributed by atoms with E-state index in [1.165, 1.54) is 17.5 Å². The molecular formula is C19H30N2O2. The van der Waals surface area contributed by atoms with Gasteiger partial charge >= 0.3 is 6.09 Å². The van der Waals surface area contributed by atoms with Crippen LogP contribution in [0.4, 0.5) is 4.79 Å². The minimum atomic E-state index is -0.431. The van der Waals surface area contributed by atoms with Crippen LogP contribution in [0.15, 0.2) is 24.3 Å². The molecule has 0 aliphatic heterocycles. The lowest BCUT2D eigenvalue weighted by molar-refractivity contribution is 0.0297. The summed E-state index contributed by atoms with van der Waals surface area (Å²) in [5, 5.41) is 3.63. The highest BCUT2D eigenvalue weighted by Gasteiger charge is 2.20. The zero-order valence-corrected chi connectivity index (χ0v) is 14.9. The first-order valence-electron chi connectivity index (χ1n) is 8.59. The Bertz CT molecular complexity index is 522. The fraction of sp³-hybridized carbons (Fsp3) is 0.632. The Morgan fingerprint density at radius 3 is 2.70 bits per heavy atom. The van der Waals surface area contributed by atoms with Crippen LogP contribution in [0, 0.1) is 0 Å². The summed E-state index contributed by atoms with van der Waals surface area (Å²) in [6.07, 6.45) is 4.15. The molecule has 1 unspecified atom stereocenters. The molecule has 23 heavy (non-hydrogen) atoms. The van der Waals surface area contributed by atoms with Gasteiger partial charge in [0, 0.05) is 19.6 Å². The van der Waals surface area contributed by atoms with Crippen molar-refractivity contribution in [3.8, 4) is 0 Å². The molecule has 1 aromatic carbocycles. The lowest BCUT2D eigenvalue weighted by Gasteiger charge is -2.27. The predicted octanol–water partition coefficient (Wildman–Crippen LogP) is 3.39. The van der Waals surface area contributed by atoms with Gasteiger partial charge in [0.05, 0.1) is 0 Å². The monoisotopic (exact) mass is 318 g/mol. The highest BCUT2D eigenvalue weighted by Crippen LogP contribution is 2.20. The molecule has 0 heterocycles. The van der Waals surface area contributed by atoms with Gasteiger partial charge in [-0.25, -0.2) is 4.79 Å². The van der Waals surface area contributed by atoms with E-state index < -0.39 is 5.60 Å². The minimum absolute atomic E-state index is 0.246. The maximum Gasteiger partial charge on any atom is 0.410 e. The van der Waals surface area contributed by atoms with E-state index in [-0.39, 0.29) is 6.09 Å². The van der Waals surface area contributed by atoms with E-state index in [0.29, 0.717) is 12.6 Å². The molecule has 0 saturated carbocycles. The van der Waals surface area contributed by atoms with E-state index in [1.807, 2.05) is 20.8 Å². The number of rotatable bonds is 5. The van der Waals surface area contributed by atoms with Crippen LogP contribution in [-0.2, 0) is 17.6 Å². The second kappa shape index (κ2) is 7.82.